The van der Waals surface area contributed by atoms with Crippen LogP contribution in [0, 0.1) is 5.92 Å². The third kappa shape index (κ3) is 5.18. The molecule has 1 N–H and O–H groups in total. The van der Waals surface area contributed by atoms with Crippen molar-refractivity contribution >= 4 is 27.3 Å². The van der Waals surface area contributed by atoms with Gasteiger partial charge in [-0.1, -0.05) is 26.7 Å². The number of rotatable bonds is 8. The maximum Gasteiger partial charge on any atom is 0.0701 e. The van der Waals surface area contributed by atoms with Gasteiger partial charge in [0.15, 0.2) is 0 Å². The molecule has 0 saturated carbocycles. The summed E-state index contributed by atoms with van der Waals surface area (Å²) in [6.45, 7) is 7.89. The number of halogens is 1. The van der Waals surface area contributed by atoms with Crippen molar-refractivity contribution in [3.05, 3.63) is 20.8 Å². The fourth-order valence-corrected chi connectivity index (χ4v) is 4.01. The number of likely N-dealkylation sites (N-methyl/N-ethyl adjacent to an activating group) is 1. The number of nitrogens with zero attached hydrogens (tertiary/aromatic N) is 1. The molecule has 0 aromatic carbocycles. The van der Waals surface area contributed by atoms with Crippen LogP contribution in [0.4, 0.5) is 0 Å². The van der Waals surface area contributed by atoms with Gasteiger partial charge in [0.05, 0.1) is 3.79 Å². The fraction of sp³-hybridized carbons (Fsp3) is 0.733. The van der Waals surface area contributed by atoms with Crippen molar-refractivity contribution < 1.29 is 0 Å². The summed E-state index contributed by atoms with van der Waals surface area (Å²) in [7, 11) is 4.38. The summed E-state index contributed by atoms with van der Waals surface area (Å²) in [5, 5.41) is 3.69. The van der Waals surface area contributed by atoms with Gasteiger partial charge in [0, 0.05) is 23.5 Å². The first-order chi connectivity index (χ1) is 8.99. The second-order valence-electron chi connectivity index (χ2n) is 5.38. The van der Waals surface area contributed by atoms with E-state index in [1.165, 1.54) is 21.5 Å². The van der Waals surface area contributed by atoms with E-state index in [4.69, 9.17) is 0 Å². The third-order valence-corrected chi connectivity index (χ3v) is 5.72. The van der Waals surface area contributed by atoms with E-state index in [0.717, 1.165) is 12.5 Å². The van der Waals surface area contributed by atoms with Crippen molar-refractivity contribution in [2.24, 2.45) is 5.92 Å². The van der Waals surface area contributed by atoms with E-state index in [2.05, 4.69) is 73.1 Å². The Kier molecular flexibility index (Phi) is 7.58. The Morgan fingerprint density at radius 1 is 1.26 bits per heavy atom. The van der Waals surface area contributed by atoms with Gasteiger partial charge in [0.25, 0.3) is 0 Å². The molecule has 0 aliphatic heterocycles. The number of hydrogen-bond acceptors (Lipinski definition) is 3. The second kappa shape index (κ2) is 8.40. The molecule has 19 heavy (non-hydrogen) atoms. The van der Waals surface area contributed by atoms with Gasteiger partial charge in [0.1, 0.15) is 0 Å². The first kappa shape index (κ1) is 17.2. The molecule has 1 rings (SSSR count). The molecule has 0 aliphatic rings. The van der Waals surface area contributed by atoms with Crippen LogP contribution in [0.15, 0.2) is 15.9 Å². The zero-order valence-corrected chi connectivity index (χ0v) is 15.1. The molecule has 0 radical (unpaired) electrons. The Balaban J connectivity index is 2.56. The Morgan fingerprint density at radius 3 is 2.32 bits per heavy atom. The lowest BCUT2D eigenvalue weighted by Gasteiger charge is -2.32. The molecule has 1 aromatic heterocycles. The van der Waals surface area contributed by atoms with Gasteiger partial charge in [0.2, 0.25) is 0 Å². The highest BCUT2D eigenvalue weighted by Gasteiger charge is 2.21. The quantitative estimate of drug-likeness (QED) is 0.743. The van der Waals surface area contributed by atoms with Gasteiger partial charge >= 0.3 is 0 Å². The SMILES string of the molecule is CCC(CC)C(CNC(C)c1ccc(Br)s1)N(C)C. The van der Waals surface area contributed by atoms with Crippen LogP contribution >= 0.6 is 27.3 Å². The molecule has 2 unspecified atom stereocenters. The van der Waals surface area contributed by atoms with Crippen LogP contribution < -0.4 is 5.32 Å². The van der Waals surface area contributed by atoms with Gasteiger partial charge in [-0.05, 0) is 55.0 Å². The van der Waals surface area contributed by atoms with E-state index in [1.54, 1.807) is 0 Å². The van der Waals surface area contributed by atoms with E-state index in [1.807, 2.05) is 11.3 Å². The lowest BCUT2D eigenvalue weighted by atomic mass is 9.93. The molecule has 1 aromatic rings. The number of hydrogen-bond donors (Lipinski definition) is 1. The van der Waals surface area contributed by atoms with Crippen molar-refractivity contribution in [2.75, 3.05) is 20.6 Å². The Hall–Kier alpha value is 0.1000. The largest absolute Gasteiger partial charge is 0.308 e. The van der Waals surface area contributed by atoms with Crippen molar-refractivity contribution in [1.82, 2.24) is 10.2 Å². The smallest absolute Gasteiger partial charge is 0.0701 e. The standard InChI is InChI=1S/C15H27BrN2S/c1-6-12(7-2)13(18(4)5)10-17-11(3)14-8-9-15(16)19-14/h8-9,11-13,17H,6-7,10H2,1-5H3. The number of nitrogens with one attached hydrogen (secondary N) is 1. The van der Waals surface area contributed by atoms with Crippen molar-refractivity contribution in [3.8, 4) is 0 Å². The molecule has 0 saturated heterocycles. The summed E-state index contributed by atoms with van der Waals surface area (Å²) in [5.41, 5.74) is 0. The summed E-state index contributed by atoms with van der Waals surface area (Å²) in [6.07, 6.45) is 2.50. The van der Waals surface area contributed by atoms with Crippen LogP contribution in [0.2, 0.25) is 0 Å². The lowest BCUT2D eigenvalue weighted by Crippen LogP contribution is -2.43. The fourth-order valence-electron chi connectivity index (χ4n) is 2.56. The van der Waals surface area contributed by atoms with Crippen LogP contribution in [0.25, 0.3) is 0 Å². The third-order valence-electron chi connectivity index (χ3n) is 3.91. The average Bonchev–Trinajstić information content (AvgIpc) is 2.80. The average molecular weight is 347 g/mol. The molecule has 0 amide bonds. The van der Waals surface area contributed by atoms with E-state index < -0.39 is 0 Å². The molecule has 0 spiro atoms. The Morgan fingerprint density at radius 2 is 1.89 bits per heavy atom. The Bertz CT molecular complexity index is 361. The predicted octanol–water partition coefficient (Wildman–Crippen LogP) is 4.53. The second-order valence-corrected chi connectivity index (χ2v) is 7.87. The van der Waals surface area contributed by atoms with Crippen LogP contribution in [-0.4, -0.2) is 31.6 Å². The first-order valence-corrected chi connectivity index (χ1v) is 8.75. The van der Waals surface area contributed by atoms with Gasteiger partial charge in [-0.25, -0.2) is 0 Å². The van der Waals surface area contributed by atoms with E-state index >= 15 is 0 Å². The molecular formula is C15H27BrN2S. The zero-order chi connectivity index (χ0) is 14.4. The van der Waals surface area contributed by atoms with Gasteiger partial charge in [-0.15, -0.1) is 11.3 Å². The maximum atomic E-state index is 3.69. The van der Waals surface area contributed by atoms with Crippen molar-refractivity contribution in [3.63, 3.8) is 0 Å². The highest BCUT2D eigenvalue weighted by atomic mass is 79.9. The minimum absolute atomic E-state index is 0.424. The molecule has 4 heteroatoms. The van der Waals surface area contributed by atoms with Crippen LogP contribution in [0.1, 0.15) is 44.5 Å². The monoisotopic (exact) mass is 346 g/mol. The maximum absolute atomic E-state index is 3.69. The molecule has 110 valence electrons. The summed E-state index contributed by atoms with van der Waals surface area (Å²) in [5.74, 6) is 0.768. The normalized spacial score (nSPS) is 15.2. The highest BCUT2D eigenvalue weighted by Crippen LogP contribution is 2.27. The van der Waals surface area contributed by atoms with Gasteiger partial charge in [-0.3, -0.25) is 0 Å². The van der Waals surface area contributed by atoms with Gasteiger partial charge < -0.3 is 10.2 Å². The molecule has 0 aliphatic carbocycles. The number of thiophene rings is 1. The van der Waals surface area contributed by atoms with Crippen molar-refractivity contribution in [2.45, 2.75) is 45.7 Å². The first-order valence-electron chi connectivity index (χ1n) is 7.14. The van der Waals surface area contributed by atoms with E-state index in [-0.39, 0.29) is 0 Å². The Labute approximate surface area is 130 Å². The van der Waals surface area contributed by atoms with Crippen LogP contribution in [0.5, 0.6) is 0 Å². The summed E-state index contributed by atoms with van der Waals surface area (Å²) < 4.78 is 1.21. The lowest BCUT2D eigenvalue weighted by molar-refractivity contribution is 0.190. The van der Waals surface area contributed by atoms with Crippen molar-refractivity contribution in [1.29, 1.82) is 0 Å². The summed E-state index contributed by atoms with van der Waals surface area (Å²) >= 11 is 5.35. The molecular weight excluding hydrogens is 320 g/mol. The molecule has 0 bridgehead atoms. The zero-order valence-electron chi connectivity index (χ0n) is 12.7. The molecule has 0 fully saturated rings. The molecule has 1 heterocycles. The predicted molar refractivity (Wildman–Crippen MR) is 90.0 cm³/mol. The van der Waals surface area contributed by atoms with Gasteiger partial charge in [-0.2, -0.15) is 0 Å². The van der Waals surface area contributed by atoms with E-state index in [0.29, 0.717) is 12.1 Å². The topological polar surface area (TPSA) is 15.3 Å². The highest BCUT2D eigenvalue weighted by molar-refractivity contribution is 9.11. The van der Waals surface area contributed by atoms with Crippen LogP contribution in [0.3, 0.4) is 0 Å². The minimum atomic E-state index is 0.424. The molecule has 2 atom stereocenters. The minimum Gasteiger partial charge on any atom is -0.308 e. The summed E-state index contributed by atoms with van der Waals surface area (Å²) in [6, 6.07) is 5.37. The van der Waals surface area contributed by atoms with E-state index in [9.17, 15) is 0 Å². The van der Waals surface area contributed by atoms with Crippen LogP contribution in [-0.2, 0) is 0 Å². The molecule has 2 nitrogen and oxygen atoms in total. The summed E-state index contributed by atoms with van der Waals surface area (Å²) in [4.78, 5) is 3.76.